The topological polar surface area (TPSA) is 84.0 Å². The molecule has 2 amide bonds. The Morgan fingerprint density at radius 3 is 2.46 bits per heavy atom. The maximum Gasteiger partial charge on any atom is 0.254 e. The molecule has 28 heavy (non-hydrogen) atoms. The number of benzene rings is 1. The van der Waals surface area contributed by atoms with Gasteiger partial charge in [-0.15, -0.1) is 0 Å². The van der Waals surface area contributed by atoms with Gasteiger partial charge in [-0.1, -0.05) is 6.42 Å². The predicted octanol–water partition coefficient (Wildman–Crippen LogP) is 0.872. The molecule has 1 aliphatic carbocycles. The quantitative estimate of drug-likeness (QED) is 0.730. The molecule has 7 nitrogen and oxygen atoms in total. The maximum atomic E-state index is 13.2. The third-order valence-electron chi connectivity index (χ3n) is 6.61. The number of fused-ring (bicyclic) bond motifs is 2. The minimum Gasteiger partial charge on any atom is -0.493 e. The lowest BCUT2D eigenvalue weighted by Crippen LogP contribution is -2.63. The van der Waals surface area contributed by atoms with Gasteiger partial charge in [0.05, 0.1) is 30.2 Å². The van der Waals surface area contributed by atoms with E-state index < -0.39 is 21.9 Å². The number of carbonyl (C=O) groups excluding carboxylic acids is 2. The van der Waals surface area contributed by atoms with E-state index in [2.05, 4.69) is 0 Å². The number of piperazine rings is 1. The second kappa shape index (κ2) is 6.47. The number of amides is 2. The molecule has 1 aromatic rings. The average Bonchev–Trinajstić information content (AvgIpc) is 3.20. The van der Waals surface area contributed by atoms with Gasteiger partial charge in [0.25, 0.3) is 5.91 Å². The van der Waals surface area contributed by atoms with Crippen molar-refractivity contribution >= 4 is 21.7 Å². The minimum absolute atomic E-state index is 0.0305. The Morgan fingerprint density at radius 1 is 1.04 bits per heavy atom. The molecule has 3 aliphatic heterocycles. The highest BCUT2D eigenvalue weighted by Crippen LogP contribution is 2.34. The number of hydrogen-bond donors (Lipinski definition) is 0. The van der Waals surface area contributed by atoms with E-state index in [1.54, 1.807) is 15.9 Å². The fourth-order valence-electron chi connectivity index (χ4n) is 4.85. The Labute approximate surface area is 164 Å². The Morgan fingerprint density at radius 2 is 1.75 bits per heavy atom. The van der Waals surface area contributed by atoms with E-state index in [0.717, 1.165) is 37.0 Å². The summed E-state index contributed by atoms with van der Waals surface area (Å²) in [5.41, 5.74) is 1.58. The van der Waals surface area contributed by atoms with Gasteiger partial charge in [0.15, 0.2) is 9.84 Å². The van der Waals surface area contributed by atoms with Crippen LogP contribution in [0.25, 0.3) is 0 Å². The number of ether oxygens (including phenoxy) is 1. The summed E-state index contributed by atoms with van der Waals surface area (Å²) in [6.07, 6.45) is 3.61. The average molecular weight is 404 g/mol. The van der Waals surface area contributed by atoms with Crippen LogP contribution in [-0.2, 0) is 21.1 Å². The van der Waals surface area contributed by atoms with Crippen molar-refractivity contribution in [1.29, 1.82) is 0 Å². The summed E-state index contributed by atoms with van der Waals surface area (Å²) >= 11 is 0. The van der Waals surface area contributed by atoms with Crippen molar-refractivity contribution in [3.8, 4) is 5.75 Å². The first-order valence-electron chi connectivity index (χ1n) is 10.0. The molecule has 3 heterocycles. The summed E-state index contributed by atoms with van der Waals surface area (Å²) in [6.45, 7) is 1.41. The SMILES string of the molecule is O=C(c1ccc2c(c1)CCO2)N1CCN(C(=O)C2CCC2)[C@H]2CS(=O)(=O)C[C@H]21. The van der Waals surface area contributed by atoms with Crippen LogP contribution in [0.1, 0.15) is 35.2 Å². The maximum absolute atomic E-state index is 13.2. The second-order valence-electron chi connectivity index (χ2n) is 8.29. The molecule has 0 spiro atoms. The zero-order valence-corrected chi connectivity index (χ0v) is 16.5. The standard InChI is InChI=1S/C20H24N2O5S/c23-19(13-2-1-3-13)21-7-8-22(17-12-28(25,26)11-16(17)21)20(24)15-4-5-18-14(10-15)6-9-27-18/h4-5,10,13,16-17H,1-3,6-9,11-12H2/t16-,17+/m0/s1. The molecule has 0 N–H and O–H groups in total. The molecular weight excluding hydrogens is 380 g/mol. The lowest BCUT2D eigenvalue weighted by molar-refractivity contribution is -0.143. The summed E-state index contributed by atoms with van der Waals surface area (Å²) in [7, 11) is -3.28. The van der Waals surface area contributed by atoms with Crippen LogP contribution < -0.4 is 4.74 Å². The molecule has 1 saturated carbocycles. The van der Waals surface area contributed by atoms with Crippen LogP contribution in [0.15, 0.2) is 18.2 Å². The third kappa shape index (κ3) is 2.89. The summed E-state index contributed by atoms with van der Waals surface area (Å²) < 4.78 is 30.3. The highest BCUT2D eigenvalue weighted by Gasteiger charge is 2.50. The molecule has 0 unspecified atom stereocenters. The van der Waals surface area contributed by atoms with Crippen molar-refractivity contribution < 1.29 is 22.7 Å². The first kappa shape index (κ1) is 18.0. The fourth-order valence-corrected chi connectivity index (χ4v) is 6.83. The monoisotopic (exact) mass is 404 g/mol. The molecule has 3 fully saturated rings. The zero-order chi connectivity index (χ0) is 19.5. The first-order chi connectivity index (χ1) is 13.4. The van der Waals surface area contributed by atoms with E-state index in [-0.39, 0.29) is 29.2 Å². The van der Waals surface area contributed by atoms with Gasteiger partial charge in [-0.3, -0.25) is 9.59 Å². The Balaban J connectivity index is 1.41. The van der Waals surface area contributed by atoms with E-state index in [0.29, 0.717) is 25.3 Å². The van der Waals surface area contributed by atoms with Gasteiger partial charge < -0.3 is 14.5 Å². The highest BCUT2D eigenvalue weighted by atomic mass is 32.2. The van der Waals surface area contributed by atoms with Crippen molar-refractivity contribution in [1.82, 2.24) is 9.80 Å². The number of sulfone groups is 1. The van der Waals surface area contributed by atoms with Gasteiger partial charge in [-0.25, -0.2) is 8.42 Å². The van der Waals surface area contributed by atoms with Crippen molar-refractivity contribution in [2.75, 3.05) is 31.2 Å². The van der Waals surface area contributed by atoms with E-state index in [1.807, 2.05) is 12.1 Å². The zero-order valence-electron chi connectivity index (χ0n) is 15.7. The van der Waals surface area contributed by atoms with Gasteiger partial charge in [0.2, 0.25) is 5.91 Å². The van der Waals surface area contributed by atoms with Gasteiger partial charge in [0.1, 0.15) is 5.75 Å². The van der Waals surface area contributed by atoms with Crippen LogP contribution in [0.3, 0.4) is 0 Å². The first-order valence-corrected chi connectivity index (χ1v) is 11.8. The molecule has 5 rings (SSSR count). The van der Waals surface area contributed by atoms with Crippen LogP contribution in [0.4, 0.5) is 0 Å². The van der Waals surface area contributed by atoms with Gasteiger partial charge >= 0.3 is 0 Å². The molecule has 2 saturated heterocycles. The summed E-state index contributed by atoms with van der Waals surface area (Å²) in [5, 5.41) is 0. The molecule has 8 heteroatoms. The Hall–Kier alpha value is -2.09. The predicted molar refractivity (Wildman–Crippen MR) is 102 cm³/mol. The lowest BCUT2D eigenvalue weighted by Gasteiger charge is -2.45. The normalized spacial score (nSPS) is 28.3. The number of nitrogens with zero attached hydrogens (tertiary/aromatic N) is 2. The van der Waals surface area contributed by atoms with Crippen LogP contribution >= 0.6 is 0 Å². The van der Waals surface area contributed by atoms with E-state index in [1.165, 1.54) is 0 Å². The van der Waals surface area contributed by atoms with Crippen molar-refractivity contribution in [3.63, 3.8) is 0 Å². The lowest BCUT2D eigenvalue weighted by atomic mass is 9.83. The molecule has 0 aromatic heterocycles. The fraction of sp³-hybridized carbons (Fsp3) is 0.600. The molecular formula is C20H24N2O5S. The summed E-state index contributed by atoms with van der Waals surface area (Å²) in [4.78, 5) is 29.5. The number of carbonyl (C=O) groups is 2. The Bertz CT molecular complexity index is 940. The second-order valence-corrected chi connectivity index (χ2v) is 10.4. The third-order valence-corrected chi connectivity index (χ3v) is 8.31. The largest absolute Gasteiger partial charge is 0.493 e. The molecule has 150 valence electrons. The summed E-state index contributed by atoms with van der Waals surface area (Å²) in [5.74, 6) is 0.651. The van der Waals surface area contributed by atoms with Crippen molar-refractivity contribution in [2.24, 2.45) is 5.92 Å². The molecule has 0 radical (unpaired) electrons. The van der Waals surface area contributed by atoms with Crippen molar-refractivity contribution in [2.45, 2.75) is 37.8 Å². The van der Waals surface area contributed by atoms with Crippen LogP contribution in [-0.4, -0.2) is 73.3 Å². The molecule has 0 bridgehead atoms. The smallest absolute Gasteiger partial charge is 0.254 e. The summed E-state index contributed by atoms with van der Waals surface area (Å²) in [6, 6.07) is 4.54. The van der Waals surface area contributed by atoms with E-state index in [4.69, 9.17) is 4.74 Å². The molecule has 4 aliphatic rings. The van der Waals surface area contributed by atoms with Crippen molar-refractivity contribution in [3.05, 3.63) is 29.3 Å². The van der Waals surface area contributed by atoms with E-state index in [9.17, 15) is 18.0 Å². The minimum atomic E-state index is -3.28. The van der Waals surface area contributed by atoms with Gasteiger partial charge in [-0.2, -0.15) is 0 Å². The van der Waals surface area contributed by atoms with Gasteiger partial charge in [0, 0.05) is 31.0 Å². The number of rotatable bonds is 2. The van der Waals surface area contributed by atoms with Crippen LogP contribution in [0.2, 0.25) is 0 Å². The molecule has 2 atom stereocenters. The molecule has 1 aromatic carbocycles. The van der Waals surface area contributed by atoms with Crippen LogP contribution in [0.5, 0.6) is 5.75 Å². The van der Waals surface area contributed by atoms with E-state index >= 15 is 0 Å². The van der Waals surface area contributed by atoms with Gasteiger partial charge in [-0.05, 0) is 36.6 Å². The number of hydrogen-bond acceptors (Lipinski definition) is 5. The van der Waals surface area contributed by atoms with Crippen LogP contribution in [0, 0.1) is 5.92 Å². The highest BCUT2D eigenvalue weighted by molar-refractivity contribution is 7.91. The Kier molecular flexibility index (Phi) is 4.15.